The van der Waals surface area contributed by atoms with Gasteiger partial charge in [0.25, 0.3) is 0 Å². The Morgan fingerprint density at radius 3 is 1.97 bits per heavy atom. The number of fused-ring (bicyclic) bond motifs is 3. The van der Waals surface area contributed by atoms with E-state index >= 15 is 0 Å². The first kappa shape index (κ1) is 23.2. The van der Waals surface area contributed by atoms with Gasteiger partial charge in [-0.3, -0.25) is 0 Å². The number of hydrogen-bond acceptors (Lipinski definition) is 2. The molecule has 2 nitrogen and oxygen atoms in total. The highest BCUT2D eigenvalue weighted by molar-refractivity contribution is 5.85. The Kier molecular flexibility index (Phi) is 5.30. The van der Waals surface area contributed by atoms with Gasteiger partial charge in [0.05, 0.1) is 22.8 Å². The zero-order chi connectivity index (χ0) is 25.9. The molecule has 4 heteroatoms. The topological polar surface area (TPSA) is 25.8 Å². The summed E-state index contributed by atoms with van der Waals surface area (Å²) in [6, 6.07) is 26.0. The van der Waals surface area contributed by atoms with Gasteiger partial charge in [0, 0.05) is 22.1 Å². The van der Waals surface area contributed by atoms with E-state index in [1.165, 1.54) is 46.5 Å². The van der Waals surface area contributed by atoms with E-state index < -0.39 is 0 Å². The molecule has 0 aliphatic heterocycles. The molecule has 1 aliphatic rings. The molecule has 0 N–H and O–H groups in total. The second-order valence-corrected chi connectivity index (χ2v) is 10.3. The Morgan fingerprint density at radius 1 is 0.568 bits per heavy atom. The van der Waals surface area contributed by atoms with Crippen molar-refractivity contribution < 1.29 is 8.78 Å². The van der Waals surface area contributed by atoms with Crippen LogP contribution in [0.4, 0.5) is 8.78 Å². The Balaban J connectivity index is 1.56. The van der Waals surface area contributed by atoms with E-state index in [1.54, 1.807) is 18.2 Å². The van der Waals surface area contributed by atoms with Crippen molar-refractivity contribution in [3.63, 3.8) is 0 Å². The zero-order valence-corrected chi connectivity index (χ0v) is 21.2. The third-order valence-corrected chi connectivity index (χ3v) is 7.49. The van der Waals surface area contributed by atoms with Crippen molar-refractivity contribution >= 4 is 0 Å². The lowest BCUT2D eigenvalue weighted by Crippen LogP contribution is -2.15. The van der Waals surface area contributed by atoms with Gasteiger partial charge in [0.2, 0.25) is 0 Å². The third kappa shape index (κ3) is 3.75. The lowest BCUT2D eigenvalue weighted by molar-refractivity contribution is 0.626. The number of aryl methyl sites for hydroxylation is 2. The molecule has 0 atom stereocenters. The monoisotopic (exact) mass is 488 g/mol. The molecule has 1 aromatic heterocycles. The predicted octanol–water partition coefficient (Wildman–Crippen LogP) is 8.68. The van der Waals surface area contributed by atoms with Crippen LogP contribution in [0.5, 0.6) is 0 Å². The summed E-state index contributed by atoms with van der Waals surface area (Å²) in [7, 11) is 0. The van der Waals surface area contributed by atoms with Gasteiger partial charge < -0.3 is 0 Å². The first-order valence-corrected chi connectivity index (χ1v) is 12.4. The smallest absolute Gasteiger partial charge is 0.123 e. The molecule has 0 amide bonds. The molecule has 0 spiro atoms. The van der Waals surface area contributed by atoms with Crippen LogP contribution in [0.15, 0.2) is 84.9 Å². The SMILES string of the molecule is Cc1cc(F)ccc1-c1nc(C)c(-c2ccc3c(c2)C(C)(C)c2ccccc2-3)nc1-c1ccc(F)cc1. The Morgan fingerprint density at radius 2 is 1.22 bits per heavy atom. The van der Waals surface area contributed by atoms with E-state index in [4.69, 9.17) is 9.97 Å². The van der Waals surface area contributed by atoms with E-state index in [0.29, 0.717) is 11.4 Å². The summed E-state index contributed by atoms with van der Waals surface area (Å²) in [6.07, 6.45) is 0. The molecule has 0 saturated carbocycles. The van der Waals surface area contributed by atoms with Crippen molar-refractivity contribution in [2.75, 3.05) is 0 Å². The normalized spacial score (nSPS) is 13.4. The molecule has 0 saturated heterocycles. The molecule has 182 valence electrons. The van der Waals surface area contributed by atoms with E-state index in [2.05, 4.69) is 56.3 Å². The van der Waals surface area contributed by atoms with Crippen LogP contribution in [-0.2, 0) is 5.41 Å². The Bertz CT molecular complexity index is 1680. The summed E-state index contributed by atoms with van der Waals surface area (Å²) in [6.45, 7) is 8.32. The minimum Gasteiger partial charge on any atom is -0.249 e. The second kappa shape index (κ2) is 8.45. The van der Waals surface area contributed by atoms with Gasteiger partial charge in [0.1, 0.15) is 11.6 Å². The standard InChI is InChI=1S/C33H26F2N2/c1-19-17-24(35)14-16-25(19)32-31(21-9-12-23(34)13-10-21)37-30(20(2)36-32)22-11-15-27-26-7-5-6-8-28(26)33(3,4)29(27)18-22/h5-18H,1-4H3. The number of benzene rings is 4. The van der Waals surface area contributed by atoms with Crippen LogP contribution in [0.25, 0.3) is 44.9 Å². The van der Waals surface area contributed by atoms with Crippen molar-refractivity contribution in [3.8, 4) is 44.9 Å². The van der Waals surface area contributed by atoms with Gasteiger partial charge in [-0.2, -0.15) is 0 Å². The Hall–Kier alpha value is -4.18. The highest BCUT2D eigenvalue weighted by Crippen LogP contribution is 2.49. The summed E-state index contributed by atoms with van der Waals surface area (Å²) in [5.41, 5.74) is 11.1. The summed E-state index contributed by atoms with van der Waals surface area (Å²) in [5, 5.41) is 0. The van der Waals surface area contributed by atoms with Gasteiger partial charge in [0.15, 0.2) is 0 Å². The average molecular weight is 489 g/mol. The van der Waals surface area contributed by atoms with Crippen LogP contribution in [0.2, 0.25) is 0 Å². The molecular formula is C33H26F2N2. The maximum absolute atomic E-state index is 13.9. The third-order valence-electron chi connectivity index (χ3n) is 7.49. The number of nitrogens with zero attached hydrogens (tertiary/aromatic N) is 2. The first-order chi connectivity index (χ1) is 17.7. The molecule has 37 heavy (non-hydrogen) atoms. The van der Waals surface area contributed by atoms with E-state index in [9.17, 15) is 8.78 Å². The van der Waals surface area contributed by atoms with Crippen LogP contribution in [0.3, 0.4) is 0 Å². The van der Waals surface area contributed by atoms with Crippen molar-refractivity contribution in [1.82, 2.24) is 9.97 Å². The van der Waals surface area contributed by atoms with E-state index in [1.807, 2.05) is 13.8 Å². The number of aromatic nitrogens is 2. The number of rotatable bonds is 3. The van der Waals surface area contributed by atoms with Gasteiger partial charge in [-0.1, -0.05) is 50.2 Å². The van der Waals surface area contributed by atoms with Crippen LogP contribution in [-0.4, -0.2) is 9.97 Å². The fourth-order valence-electron chi connectivity index (χ4n) is 5.53. The van der Waals surface area contributed by atoms with Crippen LogP contribution in [0.1, 0.15) is 36.2 Å². The summed E-state index contributed by atoms with van der Waals surface area (Å²) >= 11 is 0. The molecule has 4 aromatic carbocycles. The predicted molar refractivity (Wildman–Crippen MR) is 145 cm³/mol. The van der Waals surface area contributed by atoms with E-state index in [-0.39, 0.29) is 17.0 Å². The van der Waals surface area contributed by atoms with Crippen molar-refractivity contribution in [2.45, 2.75) is 33.1 Å². The first-order valence-electron chi connectivity index (χ1n) is 12.4. The van der Waals surface area contributed by atoms with Gasteiger partial charge in [-0.05, 0) is 90.2 Å². The molecular weight excluding hydrogens is 462 g/mol. The van der Waals surface area contributed by atoms with Gasteiger partial charge >= 0.3 is 0 Å². The van der Waals surface area contributed by atoms with Gasteiger partial charge in [-0.15, -0.1) is 0 Å². The van der Waals surface area contributed by atoms with Crippen molar-refractivity contribution in [3.05, 3.63) is 119 Å². The maximum atomic E-state index is 13.9. The molecule has 0 fully saturated rings. The fraction of sp³-hybridized carbons (Fsp3) is 0.152. The molecule has 1 heterocycles. The summed E-state index contributed by atoms with van der Waals surface area (Å²) in [5.74, 6) is -0.614. The molecule has 0 unspecified atom stereocenters. The molecule has 6 rings (SSSR count). The van der Waals surface area contributed by atoms with E-state index in [0.717, 1.165) is 33.6 Å². The molecule has 0 radical (unpaired) electrons. The lowest BCUT2D eigenvalue weighted by atomic mass is 9.82. The number of halogens is 2. The van der Waals surface area contributed by atoms with Crippen molar-refractivity contribution in [2.24, 2.45) is 0 Å². The van der Waals surface area contributed by atoms with Gasteiger partial charge in [-0.25, -0.2) is 18.7 Å². The second-order valence-electron chi connectivity index (χ2n) is 10.3. The summed E-state index contributed by atoms with van der Waals surface area (Å²) < 4.78 is 27.7. The quantitative estimate of drug-likeness (QED) is 0.254. The minimum absolute atomic E-state index is 0.131. The minimum atomic E-state index is -0.316. The summed E-state index contributed by atoms with van der Waals surface area (Å²) in [4.78, 5) is 10.1. The molecule has 5 aromatic rings. The van der Waals surface area contributed by atoms with Crippen LogP contribution >= 0.6 is 0 Å². The zero-order valence-electron chi connectivity index (χ0n) is 21.2. The Labute approximate surface area is 215 Å². The number of hydrogen-bond donors (Lipinski definition) is 0. The molecule has 0 bridgehead atoms. The van der Waals surface area contributed by atoms with Crippen LogP contribution in [0, 0.1) is 25.5 Å². The highest BCUT2D eigenvalue weighted by atomic mass is 19.1. The largest absolute Gasteiger partial charge is 0.249 e. The van der Waals surface area contributed by atoms with Crippen molar-refractivity contribution in [1.29, 1.82) is 0 Å². The van der Waals surface area contributed by atoms with Crippen LogP contribution < -0.4 is 0 Å². The average Bonchev–Trinajstić information content (AvgIpc) is 3.11. The maximum Gasteiger partial charge on any atom is 0.123 e. The lowest BCUT2D eigenvalue weighted by Gasteiger charge is -2.22. The fourth-order valence-corrected chi connectivity index (χ4v) is 5.53. The molecule has 1 aliphatic carbocycles. The highest BCUT2D eigenvalue weighted by Gasteiger charge is 2.35.